The Morgan fingerprint density at radius 3 is 2.68 bits per heavy atom. The first-order chi connectivity index (χ1) is 13.4. The maximum Gasteiger partial charge on any atom is 0.248 e. The summed E-state index contributed by atoms with van der Waals surface area (Å²) in [7, 11) is -2.09. The minimum Gasteiger partial charge on any atom is -0.496 e. The summed E-state index contributed by atoms with van der Waals surface area (Å²) in [5, 5.41) is 0. The molecule has 2 aromatic carbocycles. The minimum absolute atomic E-state index is 0.0386. The molecule has 0 radical (unpaired) electrons. The van der Waals surface area contributed by atoms with Crippen LogP contribution in [-0.2, 0) is 10.0 Å². The van der Waals surface area contributed by atoms with E-state index >= 15 is 0 Å². The van der Waals surface area contributed by atoms with Crippen LogP contribution in [0.5, 0.6) is 5.75 Å². The zero-order valence-electron chi connectivity index (χ0n) is 16.2. The van der Waals surface area contributed by atoms with Gasteiger partial charge >= 0.3 is 0 Å². The molecule has 150 valence electrons. The summed E-state index contributed by atoms with van der Waals surface area (Å²) < 4.78 is 33.6. The van der Waals surface area contributed by atoms with Crippen molar-refractivity contribution in [3.63, 3.8) is 0 Å². The number of piperidine rings is 1. The first-order valence-corrected chi connectivity index (χ1v) is 10.9. The van der Waals surface area contributed by atoms with Gasteiger partial charge < -0.3 is 10.5 Å². The molecule has 1 unspecified atom stereocenters. The molecule has 1 aliphatic rings. The van der Waals surface area contributed by atoms with Crippen molar-refractivity contribution in [1.82, 2.24) is 4.31 Å². The Kier molecular flexibility index (Phi) is 6.05. The molecule has 1 saturated heterocycles. The lowest BCUT2D eigenvalue weighted by atomic mass is 10.0. The van der Waals surface area contributed by atoms with Crippen LogP contribution in [0, 0.1) is 0 Å². The van der Waals surface area contributed by atoms with Crippen LogP contribution in [0.1, 0.15) is 43.0 Å². The summed E-state index contributed by atoms with van der Waals surface area (Å²) >= 11 is 0. The van der Waals surface area contributed by atoms with Crippen molar-refractivity contribution in [2.75, 3.05) is 13.7 Å². The standard InChI is InChI=1S/C21H26N2O4S/c1-3-17-9-4-5-12-23(17)28(25,26)18-10-11-19(20(14-18)27-2)15-7-6-8-16(13-15)21(22)24/h6-8,10-11,13-14,17H,3-5,9,12H2,1-2H3,(H2,22,24). The second kappa shape index (κ2) is 8.32. The number of rotatable bonds is 6. The molecule has 1 amide bonds. The smallest absolute Gasteiger partial charge is 0.248 e. The number of benzene rings is 2. The lowest BCUT2D eigenvalue weighted by molar-refractivity contribution is 0.100. The monoisotopic (exact) mass is 402 g/mol. The number of nitrogens with two attached hydrogens (primary N) is 1. The summed E-state index contributed by atoms with van der Waals surface area (Å²) in [6, 6.07) is 11.8. The highest BCUT2D eigenvalue weighted by molar-refractivity contribution is 7.89. The SMILES string of the molecule is CCC1CCCCN1S(=O)(=O)c1ccc(-c2cccc(C(N)=O)c2)c(OC)c1. The quantitative estimate of drug-likeness (QED) is 0.802. The van der Waals surface area contributed by atoms with Gasteiger partial charge in [0, 0.05) is 29.8 Å². The minimum atomic E-state index is -3.60. The molecule has 1 aliphatic heterocycles. The maximum absolute atomic E-state index is 13.2. The van der Waals surface area contributed by atoms with Crippen molar-refractivity contribution in [2.24, 2.45) is 5.73 Å². The van der Waals surface area contributed by atoms with Gasteiger partial charge in [-0.05, 0) is 49.1 Å². The van der Waals surface area contributed by atoms with E-state index in [1.807, 2.05) is 13.0 Å². The van der Waals surface area contributed by atoms with Crippen LogP contribution in [0.15, 0.2) is 47.4 Å². The normalized spacial score (nSPS) is 18.0. The van der Waals surface area contributed by atoms with E-state index in [0.29, 0.717) is 23.4 Å². The lowest BCUT2D eigenvalue weighted by Crippen LogP contribution is -2.43. The number of methoxy groups -OCH3 is 1. The number of primary amides is 1. The van der Waals surface area contributed by atoms with E-state index < -0.39 is 15.9 Å². The second-order valence-electron chi connectivity index (χ2n) is 6.98. The molecule has 2 N–H and O–H groups in total. The highest BCUT2D eigenvalue weighted by atomic mass is 32.2. The van der Waals surface area contributed by atoms with Crippen molar-refractivity contribution in [1.29, 1.82) is 0 Å². The zero-order chi connectivity index (χ0) is 20.3. The molecule has 0 saturated carbocycles. The summed E-state index contributed by atoms with van der Waals surface area (Å²) in [5.41, 5.74) is 7.19. The number of ether oxygens (including phenoxy) is 1. The van der Waals surface area contributed by atoms with Crippen LogP contribution >= 0.6 is 0 Å². The third-order valence-electron chi connectivity index (χ3n) is 5.28. The molecule has 0 aliphatic carbocycles. The summed E-state index contributed by atoms with van der Waals surface area (Å²) in [6.45, 7) is 2.57. The van der Waals surface area contributed by atoms with Crippen LogP contribution in [0.25, 0.3) is 11.1 Å². The first kappa shape index (κ1) is 20.4. The van der Waals surface area contributed by atoms with Crippen molar-refractivity contribution in [2.45, 2.75) is 43.5 Å². The van der Waals surface area contributed by atoms with Gasteiger partial charge in [0.1, 0.15) is 5.75 Å². The molecule has 1 fully saturated rings. The zero-order valence-corrected chi connectivity index (χ0v) is 17.0. The number of hydrogen-bond donors (Lipinski definition) is 1. The molecule has 2 aromatic rings. The Bertz CT molecular complexity index is 972. The summed E-state index contributed by atoms with van der Waals surface area (Å²) in [6.07, 6.45) is 3.63. The van der Waals surface area contributed by atoms with E-state index in [9.17, 15) is 13.2 Å². The van der Waals surface area contributed by atoms with Gasteiger partial charge in [0.25, 0.3) is 0 Å². The Labute approximate surface area is 166 Å². The molecule has 7 heteroatoms. The number of hydrogen-bond acceptors (Lipinski definition) is 4. The van der Waals surface area contributed by atoms with Crippen LogP contribution < -0.4 is 10.5 Å². The lowest BCUT2D eigenvalue weighted by Gasteiger charge is -2.34. The summed E-state index contributed by atoms with van der Waals surface area (Å²) in [4.78, 5) is 11.7. The van der Waals surface area contributed by atoms with Crippen molar-refractivity contribution >= 4 is 15.9 Å². The van der Waals surface area contributed by atoms with Crippen molar-refractivity contribution in [3.8, 4) is 16.9 Å². The van der Waals surface area contributed by atoms with Gasteiger partial charge in [0.15, 0.2) is 0 Å². The third-order valence-corrected chi connectivity index (χ3v) is 7.23. The van der Waals surface area contributed by atoms with E-state index in [1.165, 1.54) is 7.11 Å². The number of amides is 1. The van der Waals surface area contributed by atoms with Gasteiger partial charge in [0.2, 0.25) is 15.9 Å². The molecule has 28 heavy (non-hydrogen) atoms. The van der Waals surface area contributed by atoms with E-state index in [4.69, 9.17) is 10.5 Å². The van der Waals surface area contributed by atoms with Crippen LogP contribution in [0.2, 0.25) is 0 Å². The second-order valence-corrected chi connectivity index (χ2v) is 8.87. The molecular weight excluding hydrogens is 376 g/mol. The Hall–Kier alpha value is -2.38. The topological polar surface area (TPSA) is 89.7 Å². The molecular formula is C21H26N2O4S. The molecule has 1 atom stereocenters. The Morgan fingerprint density at radius 1 is 1.21 bits per heavy atom. The molecule has 6 nitrogen and oxygen atoms in total. The van der Waals surface area contributed by atoms with Crippen molar-refractivity contribution in [3.05, 3.63) is 48.0 Å². The van der Waals surface area contributed by atoms with Crippen LogP contribution in [0.4, 0.5) is 0 Å². The van der Waals surface area contributed by atoms with Gasteiger partial charge in [0.05, 0.1) is 12.0 Å². The number of sulfonamides is 1. The average Bonchev–Trinajstić information content (AvgIpc) is 2.73. The van der Waals surface area contributed by atoms with Gasteiger partial charge in [-0.25, -0.2) is 8.42 Å². The first-order valence-electron chi connectivity index (χ1n) is 9.48. The predicted molar refractivity (Wildman–Crippen MR) is 109 cm³/mol. The number of carbonyl (C=O) groups excluding carboxylic acids is 1. The fraction of sp³-hybridized carbons (Fsp3) is 0.381. The number of nitrogens with zero attached hydrogens (tertiary/aromatic N) is 1. The molecule has 1 heterocycles. The van der Waals surface area contributed by atoms with E-state index in [0.717, 1.165) is 31.2 Å². The van der Waals surface area contributed by atoms with Crippen molar-refractivity contribution < 1.29 is 17.9 Å². The van der Waals surface area contributed by atoms with E-state index in [1.54, 1.807) is 40.7 Å². The summed E-state index contributed by atoms with van der Waals surface area (Å²) in [5.74, 6) is -0.0801. The van der Waals surface area contributed by atoms with Crippen LogP contribution in [0.3, 0.4) is 0 Å². The predicted octanol–water partition coefficient (Wildman–Crippen LogP) is 3.41. The molecule has 0 spiro atoms. The fourth-order valence-electron chi connectivity index (χ4n) is 3.74. The highest BCUT2D eigenvalue weighted by Gasteiger charge is 2.33. The van der Waals surface area contributed by atoms with E-state index in [-0.39, 0.29) is 10.9 Å². The fourth-order valence-corrected chi connectivity index (χ4v) is 5.53. The van der Waals surface area contributed by atoms with E-state index in [2.05, 4.69) is 0 Å². The molecule has 0 aromatic heterocycles. The van der Waals surface area contributed by atoms with Crippen LogP contribution in [-0.4, -0.2) is 38.3 Å². The highest BCUT2D eigenvalue weighted by Crippen LogP contribution is 2.35. The molecule has 3 rings (SSSR count). The average molecular weight is 403 g/mol. The van der Waals surface area contributed by atoms with Gasteiger partial charge in [-0.2, -0.15) is 4.31 Å². The van der Waals surface area contributed by atoms with Gasteiger partial charge in [-0.3, -0.25) is 4.79 Å². The largest absolute Gasteiger partial charge is 0.496 e. The van der Waals surface area contributed by atoms with Gasteiger partial charge in [-0.15, -0.1) is 0 Å². The Morgan fingerprint density at radius 2 is 2.00 bits per heavy atom. The molecule has 0 bridgehead atoms. The number of carbonyl (C=O) groups is 1. The third kappa shape index (κ3) is 3.91. The Balaban J connectivity index is 2.01. The van der Waals surface area contributed by atoms with Gasteiger partial charge in [-0.1, -0.05) is 25.5 Å². The maximum atomic E-state index is 13.2.